The second-order valence-corrected chi connectivity index (χ2v) is 9.51. The number of carbonyl (C=O) groups is 2. The van der Waals surface area contributed by atoms with E-state index in [1.165, 1.54) is 5.56 Å². The Morgan fingerprint density at radius 2 is 1.66 bits per heavy atom. The summed E-state index contributed by atoms with van der Waals surface area (Å²) in [5.41, 5.74) is 3.92. The number of benzene rings is 2. The number of hydrogen-bond donors (Lipinski definition) is 1. The molecule has 0 radical (unpaired) electrons. The third kappa shape index (κ3) is 5.19. The highest BCUT2D eigenvalue weighted by Gasteiger charge is 2.30. The van der Waals surface area contributed by atoms with Crippen LogP contribution < -0.4 is 10.2 Å². The molecule has 0 aliphatic carbocycles. The van der Waals surface area contributed by atoms with Crippen molar-refractivity contribution < 1.29 is 9.59 Å². The predicted molar refractivity (Wildman–Crippen MR) is 136 cm³/mol. The Labute approximate surface area is 206 Å². The molecular weight excluding hydrogens is 438 g/mol. The molecule has 3 aromatic rings. The van der Waals surface area contributed by atoms with Gasteiger partial charge in [0, 0.05) is 37.4 Å². The highest BCUT2D eigenvalue weighted by molar-refractivity contribution is 5.94. The average molecular weight is 470 g/mol. The van der Waals surface area contributed by atoms with Gasteiger partial charge in [-0.15, -0.1) is 5.10 Å². The number of anilines is 2. The standard InChI is InChI=1S/C28H31N5O2/c1-20-11-15-29-31-26(20)33-18-14-24(19-33)27(34)30-25-9-7-21(8-10-25)22-12-16-32(17-13-22)28(35)23-5-3-2-4-6-23/h2-11,15,22,24H,12-14,16-19H2,1H3,(H,30,34)/t24-/m0/s1. The summed E-state index contributed by atoms with van der Waals surface area (Å²) in [6.07, 6.45) is 4.39. The van der Waals surface area contributed by atoms with Crippen LogP contribution in [-0.2, 0) is 4.79 Å². The number of piperidine rings is 1. The number of rotatable bonds is 5. The molecule has 0 unspecified atom stereocenters. The van der Waals surface area contributed by atoms with Gasteiger partial charge in [-0.2, -0.15) is 5.10 Å². The lowest BCUT2D eigenvalue weighted by Gasteiger charge is -2.32. The zero-order valence-corrected chi connectivity index (χ0v) is 20.1. The summed E-state index contributed by atoms with van der Waals surface area (Å²) >= 11 is 0. The maximum atomic E-state index is 12.9. The normalized spacial score (nSPS) is 18.5. The van der Waals surface area contributed by atoms with Crippen LogP contribution in [0.15, 0.2) is 66.9 Å². The van der Waals surface area contributed by atoms with Gasteiger partial charge in [-0.05, 0) is 73.6 Å². The number of aryl methyl sites for hydroxylation is 1. The summed E-state index contributed by atoms with van der Waals surface area (Å²) in [5, 5.41) is 11.3. The Hall–Kier alpha value is -3.74. The molecule has 0 saturated carbocycles. The van der Waals surface area contributed by atoms with E-state index in [4.69, 9.17) is 0 Å². The van der Waals surface area contributed by atoms with Crippen molar-refractivity contribution in [2.75, 3.05) is 36.4 Å². The summed E-state index contributed by atoms with van der Waals surface area (Å²) in [6.45, 7) is 5.01. The van der Waals surface area contributed by atoms with Gasteiger partial charge >= 0.3 is 0 Å². The Bertz CT molecular complexity index is 1170. The smallest absolute Gasteiger partial charge is 0.253 e. The SMILES string of the molecule is Cc1ccnnc1N1CC[C@H](C(=O)Nc2ccc(C3CCN(C(=O)c4ccccc4)CC3)cc2)C1. The van der Waals surface area contributed by atoms with Gasteiger partial charge in [0.2, 0.25) is 5.91 Å². The van der Waals surface area contributed by atoms with Crippen LogP contribution in [0.3, 0.4) is 0 Å². The van der Waals surface area contributed by atoms with Crippen LogP contribution in [0.5, 0.6) is 0 Å². The van der Waals surface area contributed by atoms with Crippen LogP contribution in [0.1, 0.15) is 46.7 Å². The molecule has 180 valence electrons. The Morgan fingerprint density at radius 3 is 2.37 bits per heavy atom. The molecule has 0 spiro atoms. The van der Waals surface area contributed by atoms with E-state index in [0.717, 1.165) is 61.5 Å². The molecule has 35 heavy (non-hydrogen) atoms. The molecule has 2 amide bonds. The van der Waals surface area contributed by atoms with Gasteiger partial charge in [0.05, 0.1) is 12.1 Å². The third-order valence-electron chi connectivity index (χ3n) is 7.21. The van der Waals surface area contributed by atoms with E-state index < -0.39 is 0 Å². The molecule has 2 saturated heterocycles. The monoisotopic (exact) mass is 469 g/mol. The fourth-order valence-electron chi connectivity index (χ4n) is 5.13. The molecule has 3 heterocycles. The van der Waals surface area contributed by atoms with Crippen molar-refractivity contribution in [2.24, 2.45) is 5.92 Å². The van der Waals surface area contributed by atoms with E-state index in [1.54, 1.807) is 6.20 Å². The molecule has 2 aliphatic heterocycles. The Morgan fingerprint density at radius 1 is 0.914 bits per heavy atom. The zero-order valence-electron chi connectivity index (χ0n) is 20.1. The van der Waals surface area contributed by atoms with Gasteiger partial charge in [0.25, 0.3) is 5.91 Å². The van der Waals surface area contributed by atoms with Crippen LogP contribution in [0.4, 0.5) is 11.5 Å². The average Bonchev–Trinajstić information content (AvgIpc) is 3.40. The molecule has 2 aromatic carbocycles. The fraction of sp³-hybridized carbons (Fsp3) is 0.357. The third-order valence-corrected chi connectivity index (χ3v) is 7.21. The van der Waals surface area contributed by atoms with Gasteiger partial charge in [-0.25, -0.2) is 0 Å². The van der Waals surface area contributed by atoms with Crippen LogP contribution in [0, 0.1) is 12.8 Å². The number of amides is 2. The number of hydrogen-bond acceptors (Lipinski definition) is 5. The number of nitrogens with one attached hydrogen (secondary N) is 1. The van der Waals surface area contributed by atoms with Gasteiger partial charge in [0.1, 0.15) is 0 Å². The summed E-state index contributed by atoms with van der Waals surface area (Å²) in [5.74, 6) is 1.39. The molecule has 1 aromatic heterocycles. The van der Waals surface area contributed by atoms with Crippen LogP contribution >= 0.6 is 0 Å². The molecule has 1 N–H and O–H groups in total. The number of nitrogens with zero attached hydrogens (tertiary/aromatic N) is 4. The van der Waals surface area contributed by atoms with Crippen molar-refractivity contribution in [3.63, 3.8) is 0 Å². The molecule has 2 fully saturated rings. The lowest BCUT2D eigenvalue weighted by atomic mass is 9.89. The van der Waals surface area contributed by atoms with Crippen molar-refractivity contribution >= 4 is 23.3 Å². The topological polar surface area (TPSA) is 78.4 Å². The molecule has 2 aliphatic rings. The molecule has 7 heteroatoms. The van der Waals surface area contributed by atoms with Crippen molar-refractivity contribution in [2.45, 2.75) is 32.1 Å². The van der Waals surface area contributed by atoms with E-state index in [9.17, 15) is 9.59 Å². The fourth-order valence-corrected chi connectivity index (χ4v) is 5.13. The van der Waals surface area contributed by atoms with E-state index >= 15 is 0 Å². The minimum absolute atomic E-state index is 0.0505. The van der Waals surface area contributed by atoms with E-state index in [2.05, 4.69) is 32.5 Å². The van der Waals surface area contributed by atoms with Crippen molar-refractivity contribution in [1.82, 2.24) is 15.1 Å². The van der Waals surface area contributed by atoms with E-state index in [1.807, 2.05) is 60.4 Å². The van der Waals surface area contributed by atoms with E-state index in [0.29, 0.717) is 12.5 Å². The maximum absolute atomic E-state index is 12.9. The summed E-state index contributed by atoms with van der Waals surface area (Å²) in [6, 6.07) is 19.6. The van der Waals surface area contributed by atoms with Gasteiger partial charge in [-0.1, -0.05) is 30.3 Å². The Balaban J connectivity index is 1.13. The maximum Gasteiger partial charge on any atom is 0.253 e. The summed E-state index contributed by atoms with van der Waals surface area (Å²) in [4.78, 5) is 29.7. The first-order valence-corrected chi connectivity index (χ1v) is 12.4. The highest BCUT2D eigenvalue weighted by Crippen LogP contribution is 2.30. The van der Waals surface area contributed by atoms with Crippen LogP contribution in [-0.4, -0.2) is 53.1 Å². The Kier molecular flexibility index (Phi) is 6.75. The first-order chi connectivity index (χ1) is 17.1. The quantitative estimate of drug-likeness (QED) is 0.604. The van der Waals surface area contributed by atoms with Crippen molar-refractivity contribution in [3.05, 3.63) is 83.6 Å². The first-order valence-electron chi connectivity index (χ1n) is 12.4. The lowest BCUT2D eigenvalue weighted by molar-refractivity contribution is -0.119. The molecule has 1 atom stereocenters. The zero-order chi connectivity index (χ0) is 24.2. The first kappa shape index (κ1) is 23.0. The van der Waals surface area contributed by atoms with Crippen molar-refractivity contribution in [3.8, 4) is 0 Å². The molecule has 5 rings (SSSR count). The second-order valence-electron chi connectivity index (χ2n) is 9.51. The van der Waals surface area contributed by atoms with Crippen LogP contribution in [0.25, 0.3) is 0 Å². The molecular formula is C28H31N5O2. The van der Waals surface area contributed by atoms with Crippen molar-refractivity contribution in [1.29, 1.82) is 0 Å². The minimum atomic E-state index is -0.0671. The van der Waals surface area contributed by atoms with Gasteiger partial charge < -0.3 is 15.1 Å². The number of carbonyl (C=O) groups excluding carboxylic acids is 2. The van der Waals surface area contributed by atoms with Gasteiger partial charge in [-0.3, -0.25) is 9.59 Å². The van der Waals surface area contributed by atoms with Crippen LogP contribution in [0.2, 0.25) is 0 Å². The minimum Gasteiger partial charge on any atom is -0.354 e. The molecule has 7 nitrogen and oxygen atoms in total. The predicted octanol–water partition coefficient (Wildman–Crippen LogP) is 4.27. The van der Waals surface area contributed by atoms with E-state index in [-0.39, 0.29) is 17.7 Å². The second kappa shape index (κ2) is 10.3. The largest absolute Gasteiger partial charge is 0.354 e. The van der Waals surface area contributed by atoms with Gasteiger partial charge in [0.15, 0.2) is 5.82 Å². The molecule has 0 bridgehead atoms. The highest BCUT2D eigenvalue weighted by atomic mass is 16.2. The number of likely N-dealkylation sites (tertiary alicyclic amines) is 1. The lowest BCUT2D eigenvalue weighted by Crippen LogP contribution is -2.37. The summed E-state index contributed by atoms with van der Waals surface area (Å²) in [7, 11) is 0. The summed E-state index contributed by atoms with van der Waals surface area (Å²) < 4.78 is 0. The number of aromatic nitrogens is 2.